The zero-order chi connectivity index (χ0) is 19.7. The number of carbonyl (C=O) groups is 1. The van der Waals surface area contributed by atoms with E-state index < -0.39 is 0 Å². The first-order valence-corrected chi connectivity index (χ1v) is 9.62. The Labute approximate surface area is 164 Å². The first kappa shape index (κ1) is 18.5. The SMILES string of the molecule is CC(=O)Nc1ccc(CN2CCCC3(CC2)Cc2c(N)nc(N)nc2O3)cc1. The third-order valence-corrected chi connectivity index (χ3v) is 5.50. The molecule has 1 saturated heterocycles. The maximum Gasteiger partial charge on any atom is 0.225 e. The maximum atomic E-state index is 11.1. The van der Waals surface area contributed by atoms with E-state index in [-0.39, 0.29) is 17.5 Å². The lowest BCUT2D eigenvalue weighted by Gasteiger charge is -2.27. The molecule has 3 heterocycles. The summed E-state index contributed by atoms with van der Waals surface area (Å²) in [5, 5.41) is 2.80. The molecule has 1 aromatic heterocycles. The van der Waals surface area contributed by atoms with Gasteiger partial charge >= 0.3 is 0 Å². The molecule has 1 spiro atoms. The lowest BCUT2D eigenvalue weighted by atomic mass is 9.90. The smallest absolute Gasteiger partial charge is 0.225 e. The predicted octanol–water partition coefficient (Wildman–Crippen LogP) is 1.96. The summed E-state index contributed by atoms with van der Waals surface area (Å²) in [6, 6.07) is 8.01. The zero-order valence-electron chi connectivity index (χ0n) is 16.1. The second kappa shape index (κ2) is 7.27. The van der Waals surface area contributed by atoms with Gasteiger partial charge in [-0.05, 0) is 37.1 Å². The molecule has 1 unspecified atom stereocenters. The number of anilines is 3. The summed E-state index contributed by atoms with van der Waals surface area (Å²) >= 11 is 0. The summed E-state index contributed by atoms with van der Waals surface area (Å²) in [6.45, 7) is 4.33. The third kappa shape index (κ3) is 3.87. The van der Waals surface area contributed by atoms with Crippen molar-refractivity contribution in [2.24, 2.45) is 0 Å². The van der Waals surface area contributed by atoms with E-state index in [0.29, 0.717) is 11.7 Å². The van der Waals surface area contributed by atoms with Crippen LogP contribution in [0.15, 0.2) is 24.3 Å². The van der Waals surface area contributed by atoms with Crippen LogP contribution in [0.3, 0.4) is 0 Å². The van der Waals surface area contributed by atoms with Gasteiger partial charge in [0.25, 0.3) is 0 Å². The number of nitrogens with zero attached hydrogens (tertiary/aromatic N) is 3. The number of hydrogen-bond acceptors (Lipinski definition) is 7. The fourth-order valence-corrected chi connectivity index (χ4v) is 4.13. The van der Waals surface area contributed by atoms with Gasteiger partial charge in [0.05, 0.1) is 5.56 Å². The van der Waals surface area contributed by atoms with Crippen molar-refractivity contribution >= 4 is 23.4 Å². The molecule has 2 aliphatic rings. The normalized spacial score (nSPS) is 21.8. The van der Waals surface area contributed by atoms with Gasteiger partial charge in [0.15, 0.2) is 0 Å². The van der Waals surface area contributed by atoms with Crippen LogP contribution in [0.25, 0.3) is 0 Å². The highest BCUT2D eigenvalue weighted by atomic mass is 16.5. The highest BCUT2D eigenvalue weighted by molar-refractivity contribution is 5.88. The summed E-state index contributed by atoms with van der Waals surface area (Å²) in [5.41, 5.74) is 14.4. The molecule has 2 aliphatic heterocycles. The van der Waals surface area contributed by atoms with Crippen LogP contribution in [0.4, 0.5) is 17.5 Å². The van der Waals surface area contributed by atoms with E-state index in [1.54, 1.807) is 0 Å². The number of nitrogens with one attached hydrogen (secondary N) is 1. The summed E-state index contributed by atoms with van der Waals surface area (Å²) in [6.07, 6.45) is 3.65. The van der Waals surface area contributed by atoms with Crippen LogP contribution in [-0.2, 0) is 17.8 Å². The summed E-state index contributed by atoms with van der Waals surface area (Å²) in [7, 11) is 0. The van der Waals surface area contributed by atoms with Crippen molar-refractivity contribution in [1.29, 1.82) is 0 Å². The second-order valence-corrected chi connectivity index (χ2v) is 7.72. The van der Waals surface area contributed by atoms with Gasteiger partial charge in [0, 0.05) is 38.5 Å². The molecular formula is C20H26N6O2. The Bertz CT molecular complexity index is 885. The van der Waals surface area contributed by atoms with Crippen molar-refractivity contribution in [3.05, 3.63) is 35.4 Å². The standard InChI is InChI=1S/C20H26N6O2/c1-13(27)23-15-5-3-14(4-6-15)12-26-9-2-7-20(8-10-26)11-16-17(21)24-19(22)25-18(16)28-20/h3-6H,2,7-12H2,1H3,(H,23,27)(H4,21,22,24,25). The predicted molar refractivity (Wildman–Crippen MR) is 108 cm³/mol. The molecule has 0 saturated carbocycles. The van der Waals surface area contributed by atoms with Crippen molar-refractivity contribution in [3.8, 4) is 5.88 Å². The highest BCUT2D eigenvalue weighted by Gasteiger charge is 2.42. The number of hydrogen-bond donors (Lipinski definition) is 3. The molecule has 1 atom stereocenters. The monoisotopic (exact) mass is 382 g/mol. The van der Waals surface area contributed by atoms with Gasteiger partial charge < -0.3 is 21.5 Å². The second-order valence-electron chi connectivity index (χ2n) is 7.72. The minimum absolute atomic E-state index is 0.0600. The van der Waals surface area contributed by atoms with Gasteiger partial charge in [-0.25, -0.2) is 0 Å². The Morgan fingerprint density at radius 1 is 1.21 bits per heavy atom. The van der Waals surface area contributed by atoms with Crippen molar-refractivity contribution in [2.75, 3.05) is 29.9 Å². The van der Waals surface area contributed by atoms with Crippen LogP contribution in [0.1, 0.15) is 37.3 Å². The quantitative estimate of drug-likeness (QED) is 0.742. The fourth-order valence-electron chi connectivity index (χ4n) is 4.13. The molecule has 28 heavy (non-hydrogen) atoms. The Morgan fingerprint density at radius 2 is 2.00 bits per heavy atom. The van der Waals surface area contributed by atoms with Crippen LogP contribution >= 0.6 is 0 Å². The largest absolute Gasteiger partial charge is 0.470 e. The minimum Gasteiger partial charge on any atom is -0.470 e. The Morgan fingerprint density at radius 3 is 2.75 bits per heavy atom. The lowest BCUT2D eigenvalue weighted by Crippen LogP contribution is -2.36. The Balaban J connectivity index is 1.39. The van der Waals surface area contributed by atoms with E-state index in [1.165, 1.54) is 12.5 Å². The zero-order valence-corrected chi connectivity index (χ0v) is 16.1. The van der Waals surface area contributed by atoms with E-state index in [2.05, 4.69) is 32.3 Å². The average molecular weight is 382 g/mol. The van der Waals surface area contributed by atoms with Gasteiger partial charge in [-0.1, -0.05) is 12.1 Å². The molecule has 1 fully saturated rings. The number of likely N-dealkylation sites (tertiary alicyclic amines) is 1. The number of nitrogens with two attached hydrogens (primary N) is 2. The molecule has 2 aromatic rings. The number of nitrogen functional groups attached to an aromatic ring is 2. The topological polar surface area (TPSA) is 119 Å². The molecule has 0 radical (unpaired) electrons. The minimum atomic E-state index is -0.261. The molecule has 148 valence electrons. The highest BCUT2D eigenvalue weighted by Crippen LogP contribution is 2.42. The van der Waals surface area contributed by atoms with E-state index in [1.807, 2.05) is 12.1 Å². The number of aromatic nitrogens is 2. The van der Waals surface area contributed by atoms with Crippen LogP contribution in [0.2, 0.25) is 0 Å². The first-order valence-electron chi connectivity index (χ1n) is 9.62. The maximum absolute atomic E-state index is 11.1. The summed E-state index contributed by atoms with van der Waals surface area (Å²) in [5.74, 6) is 1.08. The van der Waals surface area contributed by atoms with Gasteiger partial charge in [0.2, 0.25) is 17.7 Å². The third-order valence-electron chi connectivity index (χ3n) is 5.50. The molecule has 4 rings (SSSR count). The van der Waals surface area contributed by atoms with Crippen molar-refractivity contribution in [1.82, 2.24) is 14.9 Å². The molecule has 8 heteroatoms. The Kier molecular flexibility index (Phi) is 4.80. The van der Waals surface area contributed by atoms with E-state index in [0.717, 1.165) is 56.6 Å². The Hall–Kier alpha value is -2.87. The van der Waals surface area contributed by atoms with E-state index in [4.69, 9.17) is 16.2 Å². The molecule has 1 amide bonds. The van der Waals surface area contributed by atoms with Gasteiger partial charge in [-0.15, -0.1) is 0 Å². The molecule has 0 bridgehead atoms. The number of carbonyl (C=O) groups excluding carboxylic acids is 1. The molecule has 1 aromatic carbocycles. The average Bonchev–Trinajstić information content (AvgIpc) is 2.88. The van der Waals surface area contributed by atoms with Crippen molar-refractivity contribution in [3.63, 3.8) is 0 Å². The number of rotatable bonds is 3. The van der Waals surface area contributed by atoms with E-state index >= 15 is 0 Å². The molecule has 5 N–H and O–H groups in total. The summed E-state index contributed by atoms with van der Waals surface area (Å²) < 4.78 is 6.25. The van der Waals surface area contributed by atoms with Gasteiger partial charge in [-0.3, -0.25) is 9.69 Å². The first-order chi connectivity index (χ1) is 13.4. The van der Waals surface area contributed by atoms with Crippen LogP contribution in [-0.4, -0.2) is 39.5 Å². The fraction of sp³-hybridized carbons (Fsp3) is 0.450. The summed E-state index contributed by atoms with van der Waals surface area (Å²) in [4.78, 5) is 21.9. The number of fused-ring (bicyclic) bond motifs is 1. The number of ether oxygens (including phenoxy) is 1. The van der Waals surface area contributed by atoms with Crippen LogP contribution in [0, 0.1) is 0 Å². The van der Waals surface area contributed by atoms with Crippen molar-refractivity contribution < 1.29 is 9.53 Å². The van der Waals surface area contributed by atoms with E-state index in [9.17, 15) is 4.79 Å². The number of amides is 1. The molecular weight excluding hydrogens is 356 g/mol. The van der Waals surface area contributed by atoms with Crippen molar-refractivity contribution in [2.45, 2.75) is 44.8 Å². The molecule has 0 aliphatic carbocycles. The van der Waals surface area contributed by atoms with Gasteiger partial charge in [-0.2, -0.15) is 9.97 Å². The van der Waals surface area contributed by atoms with Crippen LogP contribution in [0.5, 0.6) is 5.88 Å². The van der Waals surface area contributed by atoms with Gasteiger partial charge in [0.1, 0.15) is 11.4 Å². The lowest BCUT2D eigenvalue weighted by molar-refractivity contribution is -0.114. The molecule has 8 nitrogen and oxygen atoms in total. The number of benzene rings is 1. The van der Waals surface area contributed by atoms with Crippen LogP contribution < -0.4 is 21.5 Å².